The first-order chi connectivity index (χ1) is 17.6. The van der Waals surface area contributed by atoms with Crippen LogP contribution < -0.4 is 10.2 Å². The first kappa shape index (κ1) is 23.8. The minimum atomic E-state index is -0.0656. The summed E-state index contributed by atoms with van der Waals surface area (Å²) < 4.78 is 1.89. The molecular weight excluding hydrogens is 470 g/mol. The van der Waals surface area contributed by atoms with E-state index in [-0.39, 0.29) is 11.9 Å². The highest BCUT2D eigenvalue weighted by Gasteiger charge is 2.33. The average molecular weight is 506 g/mol. The van der Waals surface area contributed by atoms with Crippen molar-refractivity contribution in [3.63, 3.8) is 0 Å². The fraction of sp³-hybridized carbons (Fsp3) is 0.552. The van der Waals surface area contributed by atoms with Gasteiger partial charge in [0, 0.05) is 24.2 Å². The molecule has 2 aromatic heterocycles. The van der Waals surface area contributed by atoms with Crippen LogP contribution in [-0.2, 0) is 6.54 Å². The number of halogens is 1. The molecule has 3 fully saturated rings. The standard InChI is InChI=1S/C29H36ClN5O/c30-23-10-8-20(9-11-23)19-35-28-25(12-13-26(32-28)34-14-3-1-2-4-15-34)27(33-35)29(36)31-24-17-21-6-5-7-22(16-21)18-24/h8-13,21-22,24H,1-7,14-19H2,(H,31,36). The zero-order chi connectivity index (χ0) is 24.5. The second-order valence-corrected chi connectivity index (χ2v) is 11.6. The number of hydrogen-bond donors (Lipinski definition) is 1. The molecule has 3 heterocycles. The smallest absolute Gasteiger partial charge is 0.272 e. The molecule has 6 nitrogen and oxygen atoms in total. The summed E-state index contributed by atoms with van der Waals surface area (Å²) in [7, 11) is 0. The van der Waals surface area contributed by atoms with Gasteiger partial charge >= 0.3 is 0 Å². The van der Waals surface area contributed by atoms with Gasteiger partial charge in [-0.2, -0.15) is 5.10 Å². The van der Waals surface area contributed by atoms with E-state index < -0.39 is 0 Å². The molecule has 1 saturated heterocycles. The van der Waals surface area contributed by atoms with E-state index in [4.69, 9.17) is 21.7 Å². The number of hydrogen-bond acceptors (Lipinski definition) is 4. The maximum Gasteiger partial charge on any atom is 0.272 e. The Morgan fingerprint density at radius 2 is 1.64 bits per heavy atom. The molecule has 36 heavy (non-hydrogen) atoms. The first-order valence-electron chi connectivity index (χ1n) is 13.8. The molecule has 190 valence electrons. The topological polar surface area (TPSA) is 63.1 Å². The quantitative estimate of drug-likeness (QED) is 0.447. The highest BCUT2D eigenvalue weighted by molar-refractivity contribution is 6.30. The van der Waals surface area contributed by atoms with E-state index in [1.54, 1.807) is 0 Å². The zero-order valence-electron chi connectivity index (χ0n) is 21.0. The van der Waals surface area contributed by atoms with Gasteiger partial charge in [-0.25, -0.2) is 9.67 Å². The maximum absolute atomic E-state index is 13.5. The summed E-state index contributed by atoms with van der Waals surface area (Å²) in [5.74, 6) is 2.44. The summed E-state index contributed by atoms with van der Waals surface area (Å²) in [4.78, 5) is 21.0. The van der Waals surface area contributed by atoms with E-state index in [1.165, 1.54) is 51.4 Å². The Morgan fingerprint density at radius 1 is 0.917 bits per heavy atom. The van der Waals surface area contributed by atoms with Crippen molar-refractivity contribution in [1.29, 1.82) is 0 Å². The van der Waals surface area contributed by atoms with Crippen LogP contribution in [0.5, 0.6) is 0 Å². The van der Waals surface area contributed by atoms with E-state index in [9.17, 15) is 4.79 Å². The lowest BCUT2D eigenvalue weighted by atomic mass is 9.70. The summed E-state index contributed by atoms with van der Waals surface area (Å²) in [5, 5.41) is 9.74. The highest BCUT2D eigenvalue weighted by Crippen LogP contribution is 2.40. The largest absolute Gasteiger partial charge is 0.357 e. The third-order valence-electron chi connectivity index (χ3n) is 8.43. The van der Waals surface area contributed by atoms with E-state index in [1.807, 2.05) is 28.9 Å². The molecule has 1 N–H and O–H groups in total. The summed E-state index contributed by atoms with van der Waals surface area (Å²) >= 11 is 6.11. The van der Waals surface area contributed by atoms with E-state index in [2.05, 4.69) is 22.3 Å². The Bertz CT molecular complexity index is 1200. The lowest BCUT2D eigenvalue weighted by Crippen LogP contribution is -2.42. The molecule has 2 saturated carbocycles. The number of carbonyl (C=O) groups excluding carboxylic acids is 1. The number of fused-ring (bicyclic) bond motifs is 3. The van der Waals surface area contributed by atoms with Crippen molar-refractivity contribution in [3.8, 4) is 0 Å². The highest BCUT2D eigenvalue weighted by atomic mass is 35.5. The third kappa shape index (κ3) is 5.10. The van der Waals surface area contributed by atoms with Gasteiger partial charge in [0.2, 0.25) is 0 Å². The van der Waals surface area contributed by atoms with Crippen LogP contribution in [0.15, 0.2) is 36.4 Å². The zero-order valence-corrected chi connectivity index (χ0v) is 21.7. The molecule has 3 aromatic rings. The van der Waals surface area contributed by atoms with Crippen LogP contribution in [0.2, 0.25) is 5.02 Å². The summed E-state index contributed by atoms with van der Waals surface area (Å²) in [6, 6.07) is 12.2. The minimum Gasteiger partial charge on any atom is -0.357 e. The fourth-order valence-electron chi connectivity index (χ4n) is 6.66. The van der Waals surface area contributed by atoms with Gasteiger partial charge in [0.1, 0.15) is 5.82 Å². The van der Waals surface area contributed by atoms with Crippen molar-refractivity contribution in [2.24, 2.45) is 11.8 Å². The number of amides is 1. The predicted molar refractivity (Wildman–Crippen MR) is 145 cm³/mol. The number of pyridine rings is 1. The van der Waals surface area contributed by atoms with Gasteiger partial charge in [-0.05, 0) is 73.8 Å². The van der Waals surface area contributed by atoms with Crippen molar-refractivity contribution in [2.75, 3.05) is 18.0 Å². The summed E-state index contributed by atoms with van der Waals surface area (Å²) in [6.07, 6.45) is 12.5. The van der Waals surface area contributed by atoms with Gasteiger partial charge < -0.3 is 10.2 Å². The summed E-state index contributed by atoms with van der Waals surface area (Å²) in [5.41, 5.74) is 2.35. The van der Waals surface area contributed by atoms with Crippen LogP contribution in [0.4, 0.5) is 5.82 Å². The number of carbonyl (C=O) groups is 1. The van der Waals surface area contributed by atoms with Crippen LogP contribution in [-0.4, -0.2) is 39.8 Å². The molecule has 2 bridgehead atoms. The molecule has 7 heteroatoms. The number of benzene rings is 1. The fourth-order valence-corrected chi connectivity index (χ4v) is 6.79. The van der Waals surface area contributed by atoms with Gasteiger partial charge in [-0.1, -0.05) is 55.8 Å². The molecule has 0 radical (unpaired) electrons. The van der Waals surface area contributed by atoms with E-state index >= 15 is 0 Å². The second kappa shape index (κ2) is 10.4. The van der Waals surface area contributed by atoms with E-state index in [0.29, 0.717) is 17.3 Å². The molecule has 2 unspecified atom stereocenters. The van der Waals surface area contributed by atoms with Gasteiger partial charge in [0.15, 0.2) is 11.3 Å². The maximum atomic E-state index is 13.5. The van der Waals surface area contributed by atoms with Gasteiger partial charge in [-0.15, -0.1) is 0 Å². The number of nitrogens with one attached hydrogen (secondary N) is 1. The van der Waals surface area contributed by atoms with Crippen LogP contribution >= 0.6 is 11.6 Å². The molecule has 2 aliphatic carbocycles. The normalized spacial score (nSPS) is 24.5. The molecule has 0 spiro atoms. The Hall–Kier alpha value is -2.60. The average Bonchev–Trinajstić information content (AvgIpc) is 3.03. The van der Waals surface area contributed by atoms with Crippen molar-refractivity contribution in [3.05, 3.63) is 52.7 Å². The van der Waals surface area contributed by atoms with Crippen molar-refractivity contribution in [2.45, 2.75) is 76.8 Å². The molecule has 1 aliphatic heterocycles. The van der Waals surface area contributed by atoms with Crippen LogP contribution in [0.1, 0.15) is 80.3 Å². The number of nitrogens with zero attached hydrogens (tertiary/aromatic N) is 4. The molecule has 3 aliphatic rings. The Balaban J connectivity index is 1.31. The Morgan fingerprint density at radius 3 is 2.36 bits per heavy atom. The molecule has 6 rings (SSSR count). The SMILES string of the molecule is O=C(NC1CC2CCCC(C2)C1)c1nn(Cc2ccc(Cl)cc2)c2nc(N3CCCCCC3)ccc12. The van der Waals surface area contributed by atoms with Crippen LogP contribution in [0.3, 0.4) is 0 Å². The molecular formula is C29H36ClN5O. The van der Waals surface area contributed by atoms with Crippen molar-refractivity contribution in [1.82, 2.24) is 20.1 Å². The van der Waals surface area contributed by atoms with Gasteiger partial charge in [0.25, 0.3) is 5.91 Å². The number of rotatable bonds is 5. The second-order valence-electron chi connectivity index (χ2n) is 11.1. The predicted octanol–water partition coefficient (Wildman–Crippen LogP) is 6.21. The van der Waals surface area contributed by atoms with Crippen LogP contribution in [0.25, 0.3) is 11.0 Å². The molecule has 2 atom stereocenters. The molecule has 1 aromatic carbocycles. The van der Waals surface area contributed by atoms with Gasteiger partial charge in [-0.3, -0.25) is 4.79 Å². The molecule has 1 amide bonds. The Kier molecular flexibility index (Phi) is 6.87. The van der Waals surface area contributed by atoms with Crippen molar-refractivity contribution < 1.29 is 4.79 Å². The number of aromatic nitrogens is 3. The summed E-state index contributed by atoms with van der Waals surface area (Å²) in [6.45, 7) is 2.60. The number of anilines is 1. The lowest BCUT2D eigenvalue weighted by Gasteiger charge is -2.39. The van der Waals surface area contributed by atoms with Crippen LogP contribution in [0, 0.1) is 11.8 Å². The first-order valence-corrected chi connectivity index (χ1v) is 14.2. The lowest BCUT2D eigenvalue weighted by molar-refractivity contribution is 0.0876. The van der Waals surface area contributed by atoms with E-state index in [0.717, 1.165) is 60.2 Å². The monoisotopic (exact) mass is 505 g/mol. The van der Waals surface area contributed by atoms with Gasteiger partial charge in [0.05, 0.1) is 11.9 Å². The Labute approximate surface area is 218 Å². The minimum absolute atomic E-state index is 0.0656. The third-order valence-corrected chi connectivity index (χ3v) is 8.69. The van der Waals surface area contributed by atoms with Crippen molar-refractivity contribution >= 4 is 34.4 Å².